The minimum atomic E-state index is -1.03. The van der Waals surface area contributed by atoms with Crippen molar-refractivity contribution < 1.29 is 24.3 Å². The molecule has 13 heteroatoms. The van der Waals surface area contributed by atoms with E-state index in [-0.39, 0.29) is 24.5 Å². The second-order valence-electron chi connectivity index (χ2n) is 11.9. The number of carbonyl (C=O) groups excluding carboxylic acids is 4. The summed E-state index contributed by atoms with van der Waals surface area (Å²) in [5.74, 6) is -1.62. The van der Waals surface area contributed by atoms with Gasteiger partial charge in [-0.05, 0) is 101 Å². The number of benzene rings is 2. The molecule has 4 atom stereocenters. The van der Waals surface area contributed by atoms with Crippen LogP contribution in [0.15, 0.2) is 42.5 Å². The second kappa shape index (κ2) is 19.6. The molecule has 258 valence electrons. The zero-order valence-corrected chi connectivity index (χ0v) is 28.0. The first-order chi connectivity index (χ1) is 22.7. The number of phenols is 1. The van der Waals surface area contributed by atoms with Crippen molar-refractivity contribution in [3.05, 3.63) is 53.6 Å². The predicted octanol–water partition coefficient (Wildman–Crippen LogP) is -0.465. The molecule has 0 radical (unpaired) electrons. The summed E-state index contributed by atoms with van der Waals surface area (Å²) in [6.45, 7) is 2.28. The van der Waals surface area contributed by atoms with Crippen LogP contribution in [0.25, 0.3) is 11.1 Å². The first-order valence-corrected chi connectivity index (χ1v) is 16.4. The Morgan fingerprint density at radius 3 is 2.30 bits per heavy atom. The third kappa shape index (κ3) is 11.6. The second-order valence-corrected chi connectivity index (χ2v) is 11.9. The highest BCUT2D eigenvalue weighted by atomic mass is 16.3. The molecule has 0 aliphatic carbocycles. The van der Waals surface area contributed by atoms with Crippen molar-refractivity contribution in [1.82, 2.24) is 42.5 Å². The molecule has 2 aromatic rings. The van der Waals surface area contributed by atoms with E-state index in [1.165, 1.54) is 0 Å². The van der Waals surface area contributed by atoms with Crippen LogP contribution in [0.5, 0.6) is 5.75 Å². The lowest BCUT2D eigenvalue weighted by Crippen LogP contribution is -2.58. The van der Waals surface area contributed by atoms with E-state index in [9.17, 15) is 24.3 Å². The molecule has 0 fully saturated rings. The molecule has 4 amide bonds. The average Bonchev–Trinajstić information content (AvgIpc) is 3.06. The standard InChI is InChI=1S/C34H52N8O5/c1-35-14-6-10-26(31(44)39-17-16-37-3)40-34(47)29-19-22-8-5-9-23(18-22)24-12-13-30(43)25(20-24)21-28(38-4)33(46)41-27(32(45)42-29)11-7-15-36-2/h5,8-9,12-13,18,20,26-29,35-38,43H,6-7,10-11,14-17,19,21H2,1-4H3,(H,39,44)(H,40,47)(H,41,46)(H,42,45)/t26-,27-,28-,29-/m0/s1. The SMILES string of the molecule is CNCCC[C@H](NC(=O)[C@@H]1Cc2cccc(c2)-c2ccc(O)c(c2)C[C@H](NC)C(=O)N[C@@H](CCCNC)C(=O)N1)C(=O)NCCNC. The molecule has 0 spiro atoms. The fraction of sp³-hybridized carbons (Fsp3) is 0.529. The Hall–Kier alpha value is -4.04. The van der Waals surface area contributed by atoms with Crippen LogP contribution in [0, 0.1) is 0 Å². The highest BCUT2D eigenvalue weighted by Crippen LogP contribution is 2.28. The average molecular weight is 653 g/mol. The summed E-state index contributed by atoms with van der Waals surface area (Å²) >= 11 is 0. The van der Waals surface area contributed by atoms with Crippen LogP contribution in [0.1, 0.15) is 36.8 Å². The Labute approximate surface area is 277 Å². The van der Waals surface area contributed by atoms with Gasteiger partial charge in [-0.3, -0.25) is 19.2 Å². The van der Waals surface area contributed by atoms with Gasteiger partial charge in [-0.25, -0.2) is 0 Å². The van der Waals surface area contributed by atoms with Crippen molar-refractivity contribution in [2.45, 2.75) is 62.7 Å². The maximum atomic E-state index is 14.0. The predicted molar refractivity (Wildman–Crippen MR) is 183 cm³/mol. The maximum absolute atomic E-state index is 14.0. The molecule has 47 heavy (non-hydrogen) atoms. The van der Waals surface area contributed by atoms with E-state index in [0.717, 1.165) is 16.7 Å². The highest BCUT2D eigenvalue weighted by molar-refractivity contribution is 5.95. The van der Waals surface area contributed by atoms with Crippen molar-refractivity contribution in [1.29, 1.82) is 0 Å². The summed E-state index contributed by atoms with van der Waals surface area (Å²) < 4.78 is 0. The highest BCUT2D eigenvalue weighted by Gasteiger charge is 2.31. The van der Waals surface area contributed by atoms with E-state index in [1.807, 2.05) is 44.4 Å². The largest absolute Gasteiger partial charge is 0.508 e. The Kier molecular flexibility index (Phi) is 15.6. The molecule has 0 saturated carbocycles. The number of aromatic hydroxyl groups is 1. The molecule has 9 N–H and O–H groups in total. The summed E-state index contributed by atoms with van der Waals surface area (Å²) in [6.07, 6.45) is 2.34. The number of likely N-dealkylation sites (N-methyl/N-ethyl adjacent to an activating group) is 2. The molecule has 0 aromatic heterocycles. The van der Waals surface area contributed by atoms with Gasteiger partial charge in [-0.2, -0.15) is 0 Å². The lowest BCUT2D eigenvalue weighted by Gasteiger charge is -2.26. The number of amides is 4. The molecule has 3 rings (SSSR count). The molecular formula is C34H52N8O5. The van der Waals surface area contributed by atoms with E-state index in [1.54, 1.807) is 26.2 Å². The van der Waals surface area contributed by atoms with E-state index in [4.69, 9.17) is 0 Å². The monoisotopic (exact) mass is 652 g/mol. The quantitative estimate of drug-likeness (QED) is 0.115. The lowest BCUT2D eigenvalue weighted by atomic mass is 9.95. The van der Waals surface area contributed by atoms with E-state index >= 15 is 0 Å². The Morgan fingerprint density at radius 2 is 1.57 bits per heavy atom. The lowest BCUT2D eigenvalue weighted by molar-refractivity contribution is -0.134. The van der Waals surface area contributed by atoms with Crippen LogP contribution in [-0.2, 0) is 32.0 Å². The fourth-order valence-electron chi connectivity index (χ4n) is 5.55. The molecule has 1 aliphatic heterocycles. The van der Waals surface area contributed by atoms with Gasteiger partial charge in [-0.15, -0.1) is 0 Å². The number of hydrogen-bond donors (Lipinski definition) is 9. The van der Waals surface area contributed by atoms with Gasteiger partial charge in [0, 0.05) is 25.9 Å². The van der Waals surface area contributed by atoms with Gasteiger partial charge in [0.05, 0.1) is 6.04 Å². The molecule has 2 aromatic carbocycles. The summed E-state index contributed by atoms with van der Waals surface area (Å²) in [6, 6.07) is 9.42. The first-order valence-electron chi connectivity index (χ1n) is 16.4. The molecule has 0 saturated heterocycles. The molecule has 4 bridgehead atoms. The zero-order chi connectivity index (χ0) is 34.2. The Bertz CT molecular complexity index is 1340. The molecular weight excluding hydrogens is 600 g/mol. The minimum Gasteiger partial charge on any atom is -0.508 e. The summed E-state index contributed by atoms with van der Waals surface area (Å²) in [7, 11) is 7.08. The van der Waals surface area contributed by atoms with E-state index < -0.39 is 41.9 Å². The van der Waals surface area contributed by atoms with Crippen LogP contribution < -0.4 is 42.5 Å². The van der Waals surface area contributed by atoms with Crippen LogP contribution in [0.2, 0.25) is 0 Å². The van der Waals surface area contributed by atoms with E-state index in [0.29, 0.717) is 57.4 Å². The number of rotatable bonds is 15. The molecule has 13 nitrogen and oxygen atoms in total. The van der Waals surface area contributed by atoms with Crippen LogP contribution >= 0.6 is 0 Å². The van der Waals surface area contributed by atoms with Gasteiger partial charge in [0.15, 0.2) is 0 Å². The normalized spacial score (nSPS) is 19.0. The van der Waals surface area contributed by atoms with Crippen molar-refractivity contribution in [3.63, 3.8) is 0 Å². The van der Waals surface area contributed by atoms with Crippen molar-refractivity contribution in [2.75, 3.05) is 54.4 Å². The van der Waals surface area contributed by atoms with Gasteiger partial charge >= 0.3 is 0 Å². The van der Waals surface area contributed by atoms with Crippen molar-refractivity contribution in [3.8, 4) is 16.9 Å². The maximum Gasteiger partial charge on any atom is 0.243 e. The third-order valence-electron chi connectivity index (χ3n) is 8.28. The van der Waals surface area contributed by atoms with Gasteiger partial charge in [-0.1, -0.05) is 30.3 Å². The number of carbonyl (C=O) groups is 4. The van der Waals surface area contributed by atoms with Gasteiger partial charge in [0.2, 0.25) is 23.6 Å². The topological polar surface area (TPSA) is 185 Å². The smallest absolute Gasteiger partial charge is 0.243 e. The van der Waals surface area contributed by atoms with Crippen LogP contribution in [0.3, 0.4) is 0 Å². The molecule has 0 unspecified atom stereocenters. The third-order valence-corrected chi connectivity index (χ3v) is 8.28. The van der Waals surface area contributed by atoms with Crippen LogP contribution in [-0.4, -0.2) is 107 Å². The van der Waals surface area contributed by atoms with Gasteiger partial charge in [0.25, 0.3) is 0 Å². The summed E-state index contributed by atoms with van der Waals surface area (Å²) in [5, 5.41) is 34.3. The first kappa shape index (κ1) is 37.4. The summed E-state index contributed by atoms with van der Waals surface area (Å²) in [5.41, 5.74) is 3.07. The number of phenolic OH excluding ortho intramolecular Hbond substituents is 1. The molecule has 1 heterocycles. The van der Waals surface area contributed by atoms with Crippen LogP contribution in [0.4, 0.5) is 0 Å². The van der Waals surface area contributed by atoms with Gasteiger partial charge < -0.3 is 47.6 Å². The minimum absolute atomic E-state index is 0.0709. The summed E-state index contributed by atoms with van der Waals surface area (Å²) in [4.78, 5) is 54.4. The number of fused-ring (bicyclic) bond motifs is 5. The van der Waals surface area contributed by atoms with Crippen molar-refractivity contribution >= 4 is 23.6 Å². The fourth-order valence-corrected chi connectivity index (χ4v) is 5.55. The van der Waals surface area contributed by atoms with Gasteiger partial charge in [0.1, 0.15) is 23.9 Å². The van der Waals surface area contributed by atoms with E-state index in [2.05, 4.69) is 42.5 Å². The zero-order valence-electron chi connectivity index (χ0n) is 28.0. The number of nitrogens with one attached hydrogen (secondary N) is 8. The van der Waals surface area contributed by atoms with Crippen molar-refractivity contribution in [2.24, 2.45) is 0 Å². The Morgan fingerprint density at radius 1 is 0.851 bits per heavy atom. The molecule has 1 aliphatic rings. The number of hydrogen-bond acceptors (Lipinski definition) is 9. The Balaban J connectivity index is 2.01.